The number of imidazole rings is 1. The largest absolute Gasteiger partial charge is 0.464 e. The van der Waals surface area contributed by atoms with Gasteiger partial charge in [0.15, 0.2) is 0 Å². The first-order chi connectivity index (χ1) is 21.3. The van der Waals surface area contributed by atoms with Crippen LogP contribution in [-0.4, -0.2) is 45.0 Å². The lowest BCUT2D eigenvalue weighted by Gasteiger charge is -2.36. The van der Waals surface area contributed by atoms with E-state index in [4.69, 9.17) is 4.74 Å². The lowest BCUT2D eigenvalue weighted by Crippen LogP contribution is -2.50. The fraction of sp³-hybridized carbons (Fsp3) is 0.250. The van der Waals surface area contributed by atoms with Crippen molar-refractivity contribution in [3.05, 3.63) is 138 Å². The summed E-state index contributed by atoms with van der Waals surface area (Å²) < 4.78 is 4.01. The average molecular weight is 660 g/mol. The first kappa shape index (κ1) is 34.2. The van der Waals surface area contributed by atoms with Gasteiger partial charge >= 0.3 is 5.97 Å². The second-order valence-electron chi connectivity index (χ2n) is 10.9. The fourth-order valence-corrected chi connectivity index (χ4v) is 7.48. The Balaban J connectivity index is 0.00000461. The van der Waals surface area contributed by atoms with Crippen molar-refractivity contribution in [2.45, 2.75) is 42.1 Å². The molecule has 1 atom stereocenters. The van der Waals surface area contributed by atoms with Crippen LogP contribution in [-0.2, 0) is 24.8 Å². The maximum atomic E-state index is 13.7. The van der Waals surface area contributed by atoms with E-state index in [1.165, 1.54) is 11.8 Å². The van der Waals surface area contributed by atoms with Gasteiger partial charge in [-0.3, -0.25) is 4.79 Å². The number of rotatable bonds is 13. The molecule has 1 amide bonds. The number of carbonyl (C=O) groups is 2. The van der Waals surface area contributed by atoms with Crippen molar-refractivity contribution in [2.24, 2.45) is 0 Å². The summed E-state index contributed by atoms with van der Waals surface area (Å²) >= 11 is 3.09. The highest BCUT2D eigenvalue weighted by molar-refractivity contribution is 8.01. The summed E-state index contributed by atoms with van der Waals surface area (Å²) in [6.07, 6.45) is 0. The molecule has 0 spiro atoms. The predicted molar refractivity (Wildman–Crippen MR) is 189 cm³/mol. The molecule has 9 heteroatoms. The van der Waals surface area contributed by atoms with Gasteiger partial charge in [0, 0.05) is 5.75 Å². The number of esters is 1. The van der Waals surface area contributed by atoms with Gasteiger partial charge in [-0.2, -0.15) is 0 Å². The van der Waals surface area contributed by atoms with E-state index in [2.05, 4.69) is 51.7 Å². The van der Waals surface area contributed by atoms with Gasteiger partial charge in [0.25, 0.3) is 0 Å². The Hall–Kier alpha value is -3.72. The number of fused-ring (bicyclic) bond motifs is 1. The first-order valence-corrected chi connectivity index (χ1v) is 16.7. The SMILES string of the molecule is CCOC(=O)[C@H](CSC(c1ccccc1)(c1ccccc1)c1ccccc1)NC(=O)C(C)(C)SCc1nc2ccccc2[nH]1.Cl. The van der Waals surface area contributed by atoms with Gasteiger partial charge in [-0.15, -0.1) is 35.9 Å². The van der Waals surface area contributed by atoms with Crippen molar-refractivity contribution in [1.82, 2.24) is 15.3 Å². The number of thioether (sulfide) groups is 2. The van der Waals surface area contributed by atoms with Gasteiger partial charge in [0.05, 0.1) is 32.9 Å². The van der Waals surface area contributed by atoms with Gasteiger partial charge in [-0.25, -0.2) is 9.78 Å². The van der Waals surface area contributed by atoms with E-state index < -0.39 is 21.5 Å². The lowest BCUT2D eigenvalue weighted by atomic mass is 9.84. The highest BCUT2D eigenvalue weighted by atomic mass is 35.5. The van der Waals surface area contributed by atoms with Crippen LogP contribution in [0.2, 0.25) is 0 Å². The Kier molecular flexibility index (Phi) is 11.8. The van der Waals surface area contributed by atoms with Crippen molar-refractivity contribution in [3.63, 3.8) is 0 Å². The minimum absolute atomic E-state index is 0. The molecule has 4 aromatic carbocycles. The van der Waals surface area contributed by atoms with Gasteiger partial charge in [0.2, 0.25) is 5.91 Å². The molecule has 2 N–H and O–H groups in total. The third kappa shape index (κ3) is 7.93. The van der Waals surface area contributed by atoms with Crippen molar-refractivity contribution in [2.75, 3.05) is 12.4 Å². The number of hydrogen-bond acceptors (Lipinski definition) is 6. The molecule has 1 heterocycles. The van der Waals surface area contributed by atoms with Crippen LogP contribution in [0.1, 0.15) is 43.3 Å². The lowest BCUT2D eigenvalue weighted by molar-refractivity contribution is -0.146. The maximum Gasteiger partial charge on any atom is 0.329 e. The second kappa shape index (κ2) is 15.5. The summed E-state index contributed by atoms with van der Waals surface area (Å²) in [6.45, 7) is 5.74. The first-order valence-electron chi connectivity index (χ1n) is 14.7. The van der Waals surface area contributed by atoms with Crippen LogP contribution in [0.5, 0.6) is 0 Å². The van der Waals surface area contributed by atoms with Crippen molar-refractivity contribution < 1.29 is 14.3 Å². The molecule has 0 saturated heterocycles. The number of carbonyl (C=O) groups excluding carboxylic acids is 2. The number of nitrogens with one attached hydrogen (secondary N) is 2. The van der Waals surface area contributed by atoms with Crippen LogP contribution < -0.4 is 5.32 Å². The van der Waals surface area contributed by atoms with Crippen molar-refractivity contribution in [3.8, 4) is 0 Å². The van der Waals surface area contributed by atoms with Crippen LogP contribution in [0.3, 0.4) is 0 Å². The van der Waals surface area contributed by atoms with Crippen LogP contribution >= 0.6 is 35.9 Å². The molecular formula is C36H38ClN3O3S2. The quantitative estimate of drug-likeness (QED) is 0.0993. The summed E-state index contributed by atoms with van der Waals surface area (Å²) in [6, 6.07) is 37.9. The number of aromatic amines is 1. The molecule has 0 unspecified atom stereocenters. The molecule has 1 aromatic heterocycles. The van der Waals surface area contributed by atoms with Gasteiger partial charge in [-0.1, -0.05) is 103 Å². The van der Waals surface area contributed by atoms with Crippen LogP contribution in [0, 0.1) is 0 Å². The van der Waals surface area contributed by atoms with E-state index in [0.29, 0.717) is 11.5 Å². The standard InChI is InChI=1S/C36H37N3O3S2.ClH/c1-4-42-33(40)31(39-34(41)35(2,3)43-25-32-37-29-22-14-15-23-30(29)38-32)24-44-36(26-16-8-5-9-17-26,27-18-10-6-11-19-27)28-20-12-7-13-21-28;/h5-23,31H,4,24-25H2,1-3H3,(H,37,38)(H,39,41);1H/t31-;/m0./s1. The number of aromatic nitrogens is 2. The zero-order chi connectivity index (χ0) is 31.0. The third-order valence-corrected chi connectivity index (χ3v) is 10.4. The summed E-state index contributed by atoms with van der Waals surface area (Å²) in [5, 5.41) is 3.05. The molecule has 0 saturated carbocycles. The topological polar surface area (TPSA) is 84.1 Å². The Labute approximate surface area is 279 Å². The molecule has 0 fully saturated rings. The molecule has 5 aromatic rings. The fourth-order valence-electron chi connectivity index (χ4n) is 5.11. The Morgan fingerprint density at radius 1 is 0.800 bits per heavy atom. The number of halogens is 1. The maximum absolute atomic E-state index is 13.7. The molecule has 0 bridgehead atoms. The smallest absolute Gasteiger partial charge is 0.329 e. The minimum Gasteiger partial charge on any atom is -0.464 e. The van der Waals surface area contributed by atoms with E-state index in [1.54, 1.807) is 18.7 Å². The monoisotopic (exact) mass is 659 g/mol. The molecule has 0 aliphatic carbocycles. The summed E-state index contributed by atoms with van der Waals surface area (Å²) in [5.74, 6) is 0.935. The molecule has 0 aliphatic rings. The van der Waals surface area contributed by atoms with E-state index >= 15 is 0 Å². The van der Waals surface area contributed by atoms with Crippen LogP contribution in [0.4, 0.5) is 0 Å². The molecule has 234 valence electrons. The van der Waals surface area contributed by atoms with Gasteiger partial charge < -0.3 is 15.0 Å². The normalized spacial score (nSPS) is 12.2. The molecular weight excluding hydrogens is 622 g/mol. The average Bonchev–Trinajstić information content (AvgIpc) is 3.48. The molecule has 0 radical (unpaired) electrons. The second-order valence-corrected chi connectivity index (χ2v) is 13.7. The Morgan fingerprint density at radius 2 is 1.31 bits per heavy atom. The predicted octanol–water partition coefficient (Wildman–Crippen LogP) is 7.77. The van der Waals surface area contributed by atoms with E-state index in [0.717, 1.165) is 33.5 Å². The zero-order valence-corrected chi connectivity index (χ0v) is 28.0. The number of para-hydroxylation sites is 2. The summed E-state index contributed by atoms with van der Waals surface area (Å²) in [4.78, 5) is 35.0. The van der Waals surface area contributed by atoms with E-state index in [9.17, 15) is 9.59 Å². The Morgan fingerprint density at radius 3 is 1.82 bits per heavy atom. The van der Waals surface area contributed by atoms with Crippen molar-refractivity contribution >= 4 is 58.8 Å². The van der Waals surface area contributed by atoms with Crippen LogP contribution in [0.25, 0.3) is 11.0 Å². The summed E-state index contributed by atoms with van der Waals surface area (Å²) in [5.41, 5.74) is 5.10. The summed E-state index contributed by atoms with van der Waals surface area (Å²) in [7, 11) is 0. The third-order valence-electron chi connectivity index (χ3n) is 7.44. The van der Waals surface area contributed by atoms with Gasteiger partial charge in [-0.05, 0) is 49.6 Å². The number of benzene rings is 4. The Bertz CT molecular complexity index is 1550. The van der Waals surface area contributed by atoms with Crippen LogP contribution in [0.15, 0.2) is 115 Å². The number of hydrogen-bond donors (Lipinski definition) is 2. The number of amides is 1. The molecule has 5 rings (SSSR count). The molecule has 45 heavy (non-hydrogen) atoms. The highest BCUT2D eigenvalue weighted by Crippen LogP contribution is 2.48. The van der Waals surface area contributed by atoms with Crippen molar-refractivity contribution in [1.29, 1.82) is 0 Å². The highest BCUT2D eigenvalue weighted by Gasteiger charge is 2.40. The van der Waals surface area contributed by atoms with E-state index in [-0.39, 0.29) is 24.9 Å². The zero-order valence-electron chi connectivity index (χ0n) is 25.6. The number of nitrogens with zero attached hydrogens (tertiary/aromatic N) is 1. The van der Waals surface area contributed by atoms with Gasteiger partial charge in [0.1, 0.15) is 11.9 Å². The molecule has 6 nitrogen and oxygen atoms in total. The van der Waals surface area contributed by atoms with E-state index in [1.807, 2.05) is 92.7 Å². The minimum atomic E-state index is -0.853. The molecule has 0 aliphatic heterocycles. The number of ether oxygens (including phenoxy) is 1. The number of H-pyrrole nitrogens is 1.